The first-order chi connectivity index (χ1) is 14.7. The number of methoxy groups -OCH3 is 2. The van der Waals surface area contributed by atoms with Gasteiger partial charge in [-0.2, -0.15) is 9.97 Å². The summed E-state index contributed by atoms with van der Waals surface area (Å²) in [5.74, 6) is 1.10. The van der Waals surface area contributed by atoms with Crippen molar-refractivity contribution in [1.82, 2.24) is 14.9 Å². The highest BCUT2D eigenvalue weighted by Crippen LogP contribution is 2.30. The van der Waals surface area contributed by atoms with Crippen molar-refractivity contribution in [2.45, 2.75) is 52.6 Å². The van der Waals surface area contributed by atoms with Crippen molar-refractivity contribution in [3.63, 3.8) is 0 Å². The van der Waals surface area contributed by atoms with E-state index in [1.165, 1.54) is 30.4 Å². The van der Waals surface area contributed by atoms with Crippen molar-refractivity contribution in [2.75, 3.05) is 45.9 Å². The molecule has 30 heavy (non-hydrogen) atoms. The van der Waals surface area contributed by atoms with Crippen LogP contribution < -0.4 is 9.64 Å². The second-order valence-corrected chi connectivity index (χ2v) is 7.36. The lowest BCUT2D eigenvalue weighted by Gasteiger charge is -2.34. The minimum Gasteiger partial charge on any atom is -0.467 e. The number of fused-ring (bicyclic) bond motifs is 1. The van der Waals surface area contributed by atoms with Crippen LogP contribution in [0.1, 0.15) is 49.9 Å². The van der Waals surface area contributed by atoms with E-state index >= 15 is 0 Å². The Morgan fingerprint density at radius 1 is 0.900 bits per heavy atom. The second-order valence-electron chi connectivity index (χ2n) is 7.36. The number of benzene rings is 1. The fourth-order valence-electron chi connectivity index (χ4n) is 3.87. The number of piperidine rings is 1. The van der Waals surface area contributed by atoms with Gasteiger partial charge in [-0.05, 0) is 24.8 Å². The summed E-state index contributed by atoms with van der Waals surface area (Å²) in [6.45, 7) is 9.10. The van der Waals surface area contributed by atoms with Gasteiger partial charge in [0, 0.05) is 58.9 Å². The highest BCUT2D eigenvalue weighted by Gasteiger charge is 2.26. The van der Waals surface area contributed by atoms with Gasteiger partial charge >= 0.3 is 6.01 Å². The molecule has 1 aromatic heterocycles. The molecule has 2 aliphatic rings. The van der Waals surface area contributed by atoms with Crippen LogP contribution in [0.2, 0.25) is 0 Å². The molecule has 6 heteroatoms. The van der Waals surface area contributed by atoms with Gasteiger partial charge in [-0.1, -0.05) is 44.2 Å². The van der Waals surface area contributed by atoms with Crippen molar-refractivity contribution in [3.8, 4) is 6.01 Å². The molecule has 0 unspecified atom stereocenters. The molecular formula is C24H38N4O2. The maximum Gasteiger partial charge on any atom is 0.318 e. The first-order valence-electron chi connectivity index (χ1n) is 11.1. The SMILES string of the molecule is CC.COC.COc1nc2c(c(N3CCCCC3)n1)CN(Cc1ccccc1)CC2. The molecule has 2 aromatic rings. The number of rotatable bonds is 4. The molecule has 1 aromatic carbocycles. The maximum atomic E-state index is 5.37. The highest BCUT2D eigenvalue weighted by molar-refractivity contribution is 5.51. The minimum atomic E-state index is 0.510. The van der Waals surface area contributed by atoms with Crippen LogP contribution in [0.3, 0.4) is 0 Å². The van der Waals surface area contributed by atoms with Crippen molar-refractivity contribution in [3.05, 3.63) is 47.2 Å². The molecule has 6 nitrogen and oxygen atoms in total. The van der Waals surface area contributed by atoms with Crippen LogP contribution in [0, 0.1) is 0 Å². The van der Waals surface area contributed by atoms with Gasteiger partial charge in [-0.15, -0.1) is 0 Å². The normalized spacial score (nSPS) is 15.8. The van der Waals surface area contributed by atoms with E-state index in [-0.39, 0.29) is 0 Å². The third kappa shape index (κ3) is 6.67. The largest absolute Gasteiger partial charge is 0.467 e. The monoisotopic (exact) mass is 414 g/mol. The lowest BCUT2D eigenvalue weighted by molar-refractivity contribution is 0.241. The summed E-state index contributed by atoms with van der Waals surface area (Å²) in [5, 5.41) is 0. The Bertz CT molecular complexity index is 733. The van der Waals surface area contributed by atoms with Gasteiger partial charge in [0.2, 0.25) is 0 Å². The Balaban J connectivity index is 0.000000590. The molecule has 0 N–H and O–H groups in total. The molecule has 0 atom stereocenters. The van der Waals surface area contributed by atoms with Gasteiger partial charge in [0.05, 0.1) is 12.8 Å². The Labute approximate surface area is 182 Å². The zero-order valence-corrected chi connectivity index (χ0v) is 19.4. The van der Waals surface area contributed by atoms with E-state index in [2.05, 4.69) is 49.9 Å². The van der Waals surface area contributed by atoms with Crippen LogP contribution in [0.25, 0.3) is 0 Å². The molecule has 0 spiro atoms. The molecule has 0 radical (unpaired) electrons. The maximum absolute atomic E-state index is 5.37. The first-order valence-corrected chi connectivity index (χ1v) is 11.1. The molecule has 166 valence electrons. The van der Waals surface area contributed by atoms with Crippen LogP contribution in [-0.2, 0) is 24.2 Å². The second kappa shape index (κ2) is 13.2. The van der Waals surface area contributed by atoms with Crippen LogP contribution in [-0.4, -0.2) is 55.8 Å². The van der Waals surface area contributed by atoms with Crippen LogP contribution in [0.4, 0.5) is 5.82 Å². The van der Waals surface area contributed by atoms with Crippen molar-refractivity contribution in [1.29, 1.82) is 0 Å². The van der Waals surface area contributed by atoms with E-state index in [1.807, 2.05) is 13.8 Å². The molecule has 2 aliphatic heterocycles. The van der Waals surface area contributed by atoms with E-state index in [0.717, 1.165) is 50.7 Å². The standard InChI is InChI=1S/C20H26N4O.C2H6O.C2H6/c1-25-20-21-18-10-13-23(14-16-8-4-2-5-9-16)15-17(18)19(22-20)24-11-6-3-7-12-24;1-3-2;1-2/h2,4-5,8-9H,3,6-7,10-15H2,1H3;1-2H3;1-2H3. The molecule has 4 rings (SSSR count). The summed E-state index contributed by atoms with van der Waals surface area (Å²) >= 11 is 0. The predicted molar refractivity (Wildman–Crippen MR) is 123 cm³/mol. The topological polar surface area (TPSA) is 50.7 Å². The Kier molecular flexibility index (Phi) is 10.6. The lowest BCUT2D eigenvalue weighted by Crippen LogP contribution is -2.36. The van der Waals surface area contributed by atoms with Crippen LogP contribution >= 0.6 is 0 Å². The number of hydrogen-bond acceptors (Lipinski definition) is 6. The average Bonchev–Trinajstić information content (AvgIpc) is 2.81. The molecule has 0 saturated carbocycles. The molecule has 1 saturated heterocycles. The fourth-order valence-corrected chi connectivity index (χ4v) is 3.87. The van der Waals surface area contributed by atoms with E-state index in [4.69, 9.17) is 9.72 Å². The van der Waals surface area contributed by atoms with E-state index < -0.39 is 0 Å². The quantitative estimate of drug-likeness (QED) is 0.743. The van der Waals surface area contributed by atoms with Crippen molar-refractivity contribution in [2.24, 2.45) is 0 Å². The van der Waals surface area contributed by atoms with Gasteiger partial charge in [0.25, 0.3) is 0 Å². The summed E-state index contributed by atoms with van der Waals surface area (Å²) < 4.78 is 9.62. The van der Waals surface area contributed by atoms with Gasteiger partial charge < -0.3 is 14.4 Å². The fraction of sp³-hybridized carbons (Fsp3) is 0.583. The summed E-state index contributed by atoms with van der Waals surface area (Å²) in [5.41, 5.74) is 3.82. The van der Waals surface area contributed by atoms with Crippen molar-refractivity contribution >= 4 is 5.82 Å². The molecular weight excluding hydrogens is 376 g/mol. The number of hydrogen-bond donors (Lipinski definition) is 0. The van der Waals surface area contributed by atoms with Gasteiger partial charge in [-0.3, -0.25) is 4.90 Å². The summed E-state index contributed by atoms with van der Waals surface area (Å²) in [7, 11) is 4.91. The predicted octanol–water partition coefficient (Wildman–Crippen LogP) is 4.32. The first kappa shape index (κ1) is 24.1. The van der Waals surface area contributed by atoms with Crippen molar-refractivity contribution < 1.29 is 9.47 Å². The highest BCUT2D eigenvalue weighted by atomic mass is 16.5. The summed E-state index contributed by atoms with van der Waals surface area (Å²) in [4.78, 5) is 14.3. The number of aromatic nitrogens is 2. The average molecular weight is 415 g/mol. The minimum absolute atomic E-state index is 0.510. The van der Waals surface area contributed by atoms with E-state index in [1.54, 1.807) is 21.3 Å². The molecule has 0 aliphatic carbocycles. The lowest BCUT2D eigenvalue weighted by atomic mass is 10.0. The Morgan fingerprint density at radius 3 is 2.20 bits per heavy atom. The molecule has 0 amide bonds. The van der Waals surface area contributed by atoms with Crippen LogP contribution in [0.15, 0.2) is 30.3 Å². The van der Waals surface area contributed by atoms with Gasteiger partial charge in [0.15, 0.2) is 0 Å². The van der Waals surface area contributed by atoms with Gasteiger partial charge in [-0.25, -0.2) is 0 Å². The summed E-state index contributed by atoms with van der Waals surface area (Å²) in [6.07, 6.45) is 4.77. The molecule has 1 fully saturated rings. The zero-order chi connectivity index (χ0) is 21.8. The van der Waals surface area contributed by atoms with Gasteiger partial charge in [0.1, 0.15) is 5.82 Å². The molecule has 3 heterocycles. The smallest absolute Gasteiger partial charge is 0.318 e. The third-order valence-electron chi connectivity index (χ3n) is 5.18. The number of ether oxygens (including phenoxy) is 2. The van der Waals surface area contributed by atoms with E-state index in [9.17, 15) is 0 Å². The number of nitrogens with zero attached hydrogens (tertiary/aromatic N) is 4. The number of anilines is 1. The Hall–Kier alpha value is -2.18. The Morgan fingerprint density at radius 2 is 1.57 bits per heavy atom. The molecule has 0 bridgehead atoms. The summed E-state index contributed by atoms with van der Waals surface area (Å²) in [6, 6.07) is 11.2. The van der Waals surface area contributed by atoms with Crippen LogP contribution in [0.5, 0.6) is 6.01 Å². The third-order valence-corrected chi connectivity index (χ3v) is 5.18. The van der Waals surface area contributed by atoms with E-state index in [0.29, 0.717) is 6.01 Å². The zero-order valence-electron chi connectivity index (χ0n) is 19.4.